The Morgan fingerprint density at radius 1 is 1.62 bits per heavy atom. The fourth-order valence-electron chi connectivity index (χ4n) is 1.09. The van der Waals surface area contributed by atoms with E-state index in [0.717, 1.165) is 6.08 Å². The molecule has 1 heterocycles. The van der Waals surface area contributed by atoms with Gasteiger partial charge in [0.1, 0.15) is 12.8 Å². The van der Waals surface area contributed by atoms with Crippen molar-refractivity contribution in [2.75, 3.05) is 6.54 Å². The molecule has 1 N–H and O–H groups in total. The van der Waals surface area contributed by atoms with E-state index in [4.69, 9.17) is 5.11 Å². The molecule has 0 bridgehead atoms. The van der Waals surface area contributed by atoms with Gasteiger partial charge < -0.3 is 10.0 Å². The number of nitrogens with zero attached hydrogens (tertiary/aromatic N) is 1. The predicted molar refractivity (Wildman–Crippen MR) is 37.5 cm³/mol. The molecule has 0 fully saturated rings. The highest BCUT2D eigenvalue weighted by molar-refractivity contribution is 5.95. The van der Waals surface area contributed by atoms with Crippen molar-refractivity contribution in [3.05, 3.63) is 11.6 Å². The van der Waals surface area contributed by atoms with E-state index in [1.54, 1.807) is 0 Å². The van der Waals surface area contributed by atoms with Gasteiger partial charge in [-0.15, -0.1) is 0 Å². The highest BCUT2D eigenvalue weighted by atomic mass is 19.4. The van der Waals surface area contributed by atoms with Crippen molar-refractivity contribution in [2.45, 2.75) is 19.3 Å². The first-order valence-corrected chi connectivity index (χ1v) is 3.55. The van der Waals surface area contributed by atoms with Gasteiger partial charge >= 0.3 is 6.18 Å². The van der Waals surface area contributed by atoms with E-state index in [1.165, 1.54) is 6.92 Å². The number of carbonyl (C=O) groups is 1. The molecule has 0 saturated carbocycles. The zero-order valence-corrected chi connectivity index (χ0v) is 6.80. The molecule has 0 aliphatic carbocycles. The number of hydrogen-bond donors (Lipinski definition) is 1. The summed E-state index contributed by atoms with van der Waals surface area (Å²) in [6.07, 6.45) is -4.84. The number of amides is 1. The van der Waals surface area contributed by atoms with Crippen molar-refractivity contribution in [3.63, 3.8) is 0 Å². The average Bonchev–Trinajstić information content (AvgIpc) is 2.14. The van der Waals surface area contributed by atoms with Gasteiger partial charge in [0, 0.05) is 5.57 Å². The van der Waals surface area contributed by atoms with Crippen LogP contribution in [0.5, 0.6) is 0 Å². The van der Waals surface area contributed by atoms with E-state index in [0.29, 0.717) is 4.90 Å². The number of halogens is 3. The minimum Gasteiger partial charge on any atom is -0.370 e. The van der Waals surface area contributed by atoms with Crippen LogP contribution >= 0.6 is 0 Å². The van der Waals surface area contributed by atoms with Crippen molar-refractivity contribution in [1.29, 1.82) is 0 Å². The highest BCUT2D eigenvalue weighted by Gasteiger charge is 2.38. The van der Waals surface area contributed by atoms with Crippen LogP contribution < -0.4 is 0 Å². The van der Waals surface area contributed by atoms with E-state index in [9.17, 15) is 18.0 Å². The topological polar surface area (TPSA) is 40.5 Å². The van der Waals surface area contributed by atoms with Crippen LogP contribution in [0.15, 0.2) is 11.6 Å². The van der Waals surface area contributed by atoms with Crippen LogP contribution in [0.4, 0.5) is 13.2 Å². The quantitative estimate of drug-likeness (QED) is 0.667. The normalized spacial score (nSPS) is 23.8. The molecule has 0 aromatic rings. The summed E-state index contributed by atoms with van der Waals surface area (Å²) in [4.78, 5) is 11.4. The zero-order chi connectivity index (χ0) is 10.2. The maximum atomic E-state index is 11.9. The second-order valence-corrected chi connectivity index (χ2v) is 2.81. The molecule has 0 aromatic heterocycles. The summed E-state index contributed by atoms with van der Waals surface area (Å²) in [6, 6.07) is 0. The van der Waals surface area contributed by atoms with Gasteiger partial charge in [-0.05, 0) is 13.0 Å². The van der Waals surface area contributed by atoms with Gasteiger partial charge in [-0.2, -0.15) is 13.2 Å². The number of hydrogen-bond acceptors (Lipinski definition) is 2. The molecule has 1 atom stereocenters. The molecule has 1 aliphatic rings. The molecule has 1 rings (SSSR count). The van der Waals surface area contributed by atoms with Crippen molar-refractivity contribution >= 4 is 5.91 Å². The van der Waals surface area contributed by atoms with E-state index in [1.807, 2.05) is 0 Å². The number of rotatable bonds is 1. The lowest BCUT2D eigenvalue weighted by molar-refractivity contribution is -0.169. The third-order valence-electron chi connectivity index (χ3n) is 1.67. The molecular weight excluding hydrogens is 187 g/mol. The standard InChI is InChI=1S/C7H8F3NO2/c1-4-2-5(12)11(6(4)13)3-7(8,9)10/h2,5,12H,3H2,1H3. The van der Waals surface area contributed by atoms with Gasteiger partial charge in [0.2, 0.25) is 0 Å². The average molecular weight is 195 g/mol. The monoisotopic (exact) mass is 195 g/mol. The molecule has 74 valence electrons. The van der Waals surface area contributed by atoms with Crippen LogP contribution in [0.1, 0.15) is 6.92 Å². The summed E-state index contributed by atoms with van der Waals surface area (Å²) in [6.45, 7) is -0.0528. The van der Waals surface area contributed by atoms with Crippen molar-refractivity contribution in [1.82, 2.24) is 4.90 Å². The van der Waals surface area contributed by atoms with Crippen LogP contribution in [0.3, 0.4) is 0 Å². The Morgan fingerprint density at radius 3 is 2.46 bits per heavy atom. The first-order chi connectivity index (χ1) is 5.81. The zero-order valence-electron chi connectivity index (χ0n) is 6.80. The van der Waals surface area contributed by atoms with Crippen molar-refractivity contribution in [2.24, 2.45) is 0 Å². The number of alkyl halides is 3. The van der Waals surface area contributed by atoms with E-state index in [2.05, 4.69) is 0 Å². The van der Waals surface area contributed by atoms with Crippen molar-refractivity contribution < 1.29 is 23.1 Å². The maximum absolute atomic E-state index is 11.9. The van der Waals surface area contributed by atoms with E-state index < -0.39 is 24.9 Å². The van der Waals surface area contributed by atoms with Gasteiger partial charge in [0.05, 0.1) is 0 Å². The summed E-state index contributed by atoms with van der Waals surface area (Å²) >= 11 is 0. The Bertz CT molecular complexity index is 259. The van der Waals surface area contributed by atoms with Gasteiger partial charge in [0.25, 0.3) is 5.91 Å². The van der Waals surface area contributed by atoms with Crippen LogP contribution in [0, 0.1) is 0 Å². The fraction of sp³-hybridized carbons (Fsp3) is 0.571. The summed E-state index contributed by atoms with van der Waals surface area (Å²) in [5.41, 5.74) is 0.136. The SMILES string of the molecule is CC1=CC(O)N(CC(F)(F)F)C1=O. The molecule has 0 aromatic carbocycles. The fourth-order valence-corrected chi connectivity index (χ4v) is 1.09. The lowest BCUT2D eigenvalue weighted by Gasteiger charge is -2.21. The Balaban J connectivity index is 2.69. The Labute approximate surface area is 72.4 Å². The van der Waals surface area contributed by atoms with Gasteiger partial charge in [0.15, 0.2) is 0 Å². The largest absolute Gasteiger partial charge is 0.406 e. The molecule has 1 aliphatic heterocycles. The molecule has 6 heteroatoms. The van der Waals surface area contributed by atoms with Gasteiger partial charge in [-0.25, -0.2) is 0 Å². The highest BCUT2D eigenvalue weighted by Crippen LogP contribution is 2.22. The number of carbonyl (C=O) groups excluding carboxylic acids is 1. The smallest absolute Gasteiger partial charge is 0.370 e. The van der Waals surface area contributed by atoms with Crippen molar-refractivity contribution in [3.8, 4) is 0 Å². The summed E-state index contributed by atoms with van der Waals surface area (Å²) in [5.74, 6) is -0.773. The Kier molecular flexibility index (Phi) is 2.34. The minimum absolute atomic E-state index is 0.136. The molecule has 3 nitrogen and oxygen atoms in total. The number of aliphatic hydroxyl groups is 1. The first kappa shape index (κ1) is 10.0. The summed E-state index contributed by atoms with van der Waals surface area (Å²) in [7, 11) is 0. The Morgan fingerprint density at radius 2 is 2.15 bits per heavy atom. The maximum Gasteiger partial charge on any atom is 0.406 e. The third kappa shape index (κ3) is 2.21. The molecule has 0 radical (unpaired) electrons. The van der Waals surface area contributed by atoms with Crippen LogP contribution in [-0.4, -0.2) is 34.9 Å². The summed E-state index contributed by atoms with van der Waals surface area (Å²) < 4.78 is 35.6. The van der Waals surface area contributed by atoms with Gasteiger partial charge in [-0.3, -0.25) is 4.79 Å². The predicted octanol–water partition coefficient (Wildman–Crippen LogP) is 0.656. The molecule has 13 heavy (non-hydrogen) atoms. The van der Waals surface area contributed by atoms with E-state index in [-0.39, 0.29) is 5.57 Å². The molecule has 0 spiro atoms. The van der Waals surface area contributed by atoms with Crippen LogP contribution in [0.2, 0.25) is 0 Å². The first-order valence-electron chi connectivity index (χ1n) is 3.55. The Hall–Kier alpha value is -1.04. The second kappa shape index (κ2) is 3.02. The molecular formula is C7H8F3NO2. The summed E-state index contributed by atoms with van der Waals surface area (Å²) in [5, 5.41) is 9.02. The minimum atomic E-state index is -4.48. The molecule has 1 unspecified atom stereocenters. The molecule has 0 saturated heterocycles. The number of aliphatic hydroxyl groups excluding tert-OH is 1. The lowest BCUT2D eigenvalue weighted by atomic mass is 10.3. The van der Waals surface area contributed by atoms with E-state index >= 15 is 0 Å². The van der Waals surface area contributed by atoms with Crippen LogP contribution in [-0.2, 0) is 4.79 Å². The second-order valence-electron chi connectivity index (χ2n) is 2.81. The lowest BCUT2D eigenvalue weighted by Crippen LogP contribution is -2.41. The molecule has 1 amide bonds. The van der Waals surface area contributed by atoms with Crippen LogP contribution in [0.25, 0.3) is 0 Å². The van der Waals surface area contributed by atoms with Gasteiger partial charge in [-0.1, -0.05) is 0 Å². The third-order valence-corrected chi connectivity index (χ3v) is 1.67.